The number of rotatable bonds is 8. The van der Waals surface area contributed by atoms with Gasteiger partial charge in [0.2, 0.25) is 0 Å². The van der Waals surface area contributed by atoms with Crippen LogP contribution in [0.2, 0.25) is 0 Å². The summed E-state index contributed by atoms with van der Waals surface area (Å²) in [5, 5.41) is 13.0. The van der Waals surface area contributed by atoms with Crippen molar-refractivity contribution in [3.63, 3.8) is 0 Å². The van der Waals surface area contributed by atoms with Crippen LogP contribution in [-0.4, -0.2) is 28.1 Å². The maximum atomic E-state index is 13.8. The van der Waals surface area contributed by atoms with E-state index < -0.39 is 11.9 Å². The van der Waals surface area contributed by atoms with Gasteiger partial charge in [0.1, 0.15) is 23.9 Å². The minimum absolute atomic E-state index is 0.0205. The number of ether oxygens (including phenoxy) is 2. The second-order valence-corrected chi connectivity index (χ2v) is 7.40. The molecule has 0 spiro atoms. The number of carbonyl (C=O) groups excluding carboxylic acids is 1. The molecule has 1 heterocycles. The highest BCUT2D eigenvalue weighted by molar-refractivity contribution is 7.14. The molecule has 2 N–H and O–H groups in total. The number of carboxylic acid groups (broad SMARTS) is 1. The zero-order chi connectivity index (χ0) is 21.7. The summed E-state index contributed by atoms with van der Waals surface area (Å²) in [6.07, 6.45) is -0.139. The quantitative estimate of drug-likeness (QED) is 0.542. The molecule has 2 aromatic carbocycles. The van der Waals surface area contributed by atoms with Gasteiger partial charge in [-0.3, -0.25) is 10.1 Å². The number of hydrogen-bond acceptors (Lipinski definition) is 6. The van der Waals surface area contributed by atoms with E-state index in [-0.39, 0.29) is 34.9 Å². The first kappa shape index (κ1) is 21.3. The number of amides is 1. The summed E-state index contributed by atoms with van der Waals surface area (Å²) < 4.78 is 25.2. The van der Waals surface area contributed by atoms with E-state index in [4.69, 9.17) is 14.6 Å². The standard InChI is InChI=1S/C21H19FN2O5S/c1-12(2)29-16-8-14(19(25)24-21-23-18(11-30-21)20(26)27)7-15(9-16)28-10-13-5-3-4-6-17(13)22/h3-9,11-12H,10H2,1-2H3,(H,26,27)(H,23,24,25). The molecule has 30 heavy (non-hydrogen) atoms. The molecule has 0 radical (unpaired) electrons. The zero-order valence-corrected chi connectivity index (χ0v) is 17.0. The molecule has 7 nitrogen and oxygen atoms in total. The van der Waals surface area contributed by atoms with Crippen molar-refractivity contribution in [2.24, 2.45) is 0 Å². The number of hydrogen-bond donors (Lipinski definition) is 2. The molecule has 0 saturated heterocycles. The van der Waals surface area contributed by atoms with Gasteiger partial charge in [-0.2, -0.15) is 0 Å². The van der Waals surface area contributed by atoms with E-state index >= 15 is 0 Å². The zero-order valence-electron chi connectivity index (χ0n) is 16.2. The SMILES string of the molecule is CC(C)Oc1cc(OCc2ccccc2F)cc(C(=O)Nc2nc(C(=O)O)cs2)c1. The van der Waals surface area contributed by atoms with Crippen molar-refractivity contribution in [2.75, 3.05) is 5.32 Å². The van der Waals surface area contributed by atoms with Crippen LogP contribution in [0, 0.1) is 5.82 Å². The van der Waals surface area contributed by atoms with Crippen LogP contribution >= 0.6 is 11.3 Å². The molecular formula is C21H19FN2O5S. The summed E-state index contributed by atoms with van der Waals surface area (Å²) in [5.74, 6) is -1.34. The fourth-order valence-corrected chi connectivity index (χ4v) is 3.18. The van der Waals surface area contributed by atoms with Crippen LogP contribution in [0.1, 0.15) is 40.3 Å². The molecule has 0 aliphatic carbocycles. The summed E-state index contributed by atoms with van der Waals surface area (Å²) in [5.41, 5.74) is 0.451. The summed E-state index contributed by atoms with van der Waals surface area (Å²) in [4.78, 5) is 27.4. The van der Waals surface area contributed by atoms with Gasteiger partial charge >= 0.3 is 5.97 Å². The number of halogens is 1. The minimum Gasteiger partial charge on any atom is -0.491 e. The van der Waals surface area contributed by atoms with Crippen LogP contribution in [0.5, 0.6) is 11.5 Å². The van der Waals surface area contributed by atoms with Crippen molar-refractivity contribution in [3.8, 4) is 11.5 Å². The summed E-state index contributed by atoms with van der Waals surface area (Å²) in [6, 6.07) is 10.9. The number of nitrogens with one attached hydrogen (secondary N) is 1. The first-order valence-corrected chi connectivity index (χ1v) is 9.88. The Kier molecular flexibility index (Phi) is 6.63. The molecule has 3 aromatic rings. The van der Waals surface area contributed by atoms with E-state index in [1.165, 1.54) is 23.6 Å². The average Bonchev–Trinajstić information content (AvgIpc) is 3.15. The highest BCUT2D eigenvalue weighted by Crippen LogP contribution is 2.26. The van der Waals surface area contributed by atoms with E-state index in [0.29, 0.717) is 17.1 Å². The van der Waals surface area contributed by atoms with Gasteiger partial charge in [0, 0.05) is 22.6 Å². The van der Waals surface area contributed by atoms with Gasteiger partial charge in [-0.25, -0.2) is 14.2 Å². The number of anilines is 1. The van der Waals surface area contributed by atoms with Gasteiger partial charge in [-0.05, 0) is 32.0 Å². The lowest BCUT2D eigenvalue weighted by Gasteiger charge is -2.14. The lowest BCUT2D eigenvalue weighted by molar-refractivity contribution is 0.0691. The molecular weight excluding hydrogens is 411 g/mol. The highest BCUT2D eigenvalue weighted by atomic mass is 32.1. The number of thiazole rings is 1. The largest absolute Gasteiger partial charge is 0.491 e. The second-order valence-electron chi connectivity index (χ2n) is 6.54. The van der Waals surface area contributed by atoms with Crippen molar-refractivity contribution in [2.45, 2.75) is 26.6 Å². The maximum Gasteiger partial charge on any atom is 0.355 e. The Morgan fingerprint density at radius 1 is 1.20 bits per heavy atom. The molecule has 9 heteroatoms. The average molecular weight is 430 g/mol. The van der Waals surface area contributed by atoms with E-state index in [9.17, 15) is 14.0 Å². The molecule has 0 aliphatic rings. The van der Waals surface area contributed by atoms with Crippen molar-refractivity contribution in [1.29, 1.82) is 0 Å². The minimum atomic E-state index is -1.18. The van der Waals surface area contributed by atoms with E-state index in [1.807, 2.05) is 13.8 Å². The molecule has 0 aliphatic heterocycles. The number of aromatic nitrogens is 1. The number of nitrogens with zero attached hydrogens (tertiary/aromatic N) is 1. The molecule has 0 atom stereocenters. The van der Waals surface area contributed by atoms with Gasteiger partial charge in [0.15, 0.2) is 10.8 Å². The molecule has 156 valence electrons. The third kappa shape index (κ3) is 5.54. The van der Waals surface area contributed by atoms with Crippen molar-refractivity contribution in [3.05, 3.63) is 70.5 Å². The van der Waals surface area contributed by atoms with Crippen LogP contribution in [0.4, 0.5) is 9.52 Å². The van der Waals surface area contributed by atoms with Crippen LogP contribution in [-0.2, 0) is 6.61 Å². The second kappa shape index (κ2) is 9.36. The summed E-state index contributed by atoms with van der Waals surface area (Å²) >= 11 is 1.00. The van der Waals surface area contributed by atoms with Crippen LogP contribution in [0.15, 0.2) is 47.8 Å². The Balaban J connectivity index is 1.81. The van der Waals surface area contributed by atoms with Crippen LogP contribution < -0.4 is 14.8 Å². The van der Waals surface area contributed by atoms with Gasteiger partial charge in [-0.15, -0.1) is 11.3 Å². The molecule has 0 fully saturated rings. The molecule has 0 saturated carbocycles. The number of carboxylic acids is 1. The van der Waals surface area contributed by atoms with Gasteiger partial charge < -0.3 is 14.6 Å². The topological polar surface area (TPSA) is 97.8 Å². The predicted octanol–water partition coefficient (Wildman–Crippen LogP) is 4.60. The van der Waals surface area contributed by atoms with Crippen molar-refractivity contribution in [1.82, 2.24) is 4.98 Å². The monoisotopic (exact) mass is 430 g/mol. The van der Waals surface area contributed by atoms with Crippen LogP contribution in [0.3, 0.4) is 0 Å². The Morgan fingerprint density at radius 2 is 1.93 bits per heavy atom. The normalized spacial score (nSPS) is 10.7. The molecule has 1 amide bonds. The number of carbonyl (C=O) groups is 2. The summed E-state index contributed by atoms with van der Waals surface area (Å²) in [6.45, 7) is 3.67. The Morgan fingerprint density at radius 3 is 2.60 bits per heavy atom. The van der Waals surface area contributed by atoms with Gasteiger partial charge in [0.25, 0.3) is 5.91 Å². The van der Waals surface area contributed by atoms with E-state index in [2.05, 4.69) is 10.3 Å². The molecule has 1 aromatic heterocycles. The van der Waals surface area contributed by atoms with Crippen LogP contribution in [0.25, 0.3) is 0 Å². The van der Waals surface area contributed by atoms with Gasteiger partial charge in [-0.1, -0.05) is 18.2 Å². The maximum absolute atomic E-state index is 13.8. The van der Waals surface area contributed by atoms with E-state index in [0.717, 1.165) is 11.3 Å². The molecule has 0 unspecified atom stereocenters. The Hall–Kier alpha value is -3.46. The third-order valence-electron chi connectivity index (χ3n) is 3.81. The predicted molar refractivity (Wildman–Crippen MR) is 110 cm³/mol. The first-order chi connectivity index (χ1) is 14.3. The Bertz CT molecular complexity index is 1070. The lowest BCUT2D eigenvalue weighted by Crippen LogP contribution is -2.13. The highest BCUT2D eigenvalue weighted by Gasteiger charge is 2.15. The fourth-order valence-electron chi connectivity index (χ4n) is 2.50. The smallest absolute Gasteiger partial charge is 0.355 e. The lowest BCUT2D eigenvalue weighted by atomic mass is 10.2. The molecule has 3 rings (SSSR count). The van der Waals surface area contributed by atoms with E-state index in [1.54, 1.807) is 24.3 Å². The van der Waals surface area contributed by atoms with Crippen molar-refractivity contribution >= 4 is 28.3 Å². The summed E-state index contributed by atoms with van der Waals surface area (Å²) in [7, 11) is 0. The molecule has 0 bridgehead atoms. The Labute approximate surface area is 176 Å². The van der Waals surface area contributed by atoms with Gasteiger partial charge in [0.05, 0.1) is 6.10 Å². The number of benzene rings is 2. The van der Waals surface area contributed by atoms with Crippen molar-refractivity contribution < 1.29 is 28.6 Å². The third-order valence-corrected chi connectivity index (χ3v) is 4.57. The fraction of sp³-hybridized carbons (Fsp3) is 0.190. The number of aromatic carboxylic acids is 1. The first-order valence-electron chi connectivity index (χ1n) is 9.00.